The average Bonchev–Trinajstić information content (AvgIpc) is 2.64. The topological polar surface area (TPSA) is 43.9 Å². The van der Waals surface area contributed by atoms with Crippen LogP contribution in [0.25, 0.3) is 0 Å². The van der Waals surface area contributed by atoms with Crippen molar-refractivity contribution in [2.45, 2.75) is 19.4 Å². The van der Waals surface area contributed by atoms with Crippen molar-refractivity contribution in [3.8, 4) is 0 Å². The van der Waals surface area contributed by atoms with Crippen LogP contribution >= 0.6 is 0 Å². The number of rotatable bonds is 4. The first-order valence-corrected chi connectivity index (χ1v) is 8.61. The summed E-state index contributed by atoms with van der Waals surface area (Å²) in [4.78, 5) is 29.2. The Balaban J connectivity index is 1.47. The van der Waals surface area contributed by atoms with Crippen molar-refractivity contribution in [2.24, 2.45) is 5.92 Å². The number of nitrogens with zero attached hydrogens (tertiary/aromatic N) is 3. The van der Waals surface area contributed by atoms with Crippen LogP contribution in [0.1, 0.15) is 18.4 Å². The lowest BCUT2D eigenvalue weighted by Crippen LogP contribution is -2.51. The van der Waals surface area contributed by atoms with Gasteiger partial charge in [-0.05, 0) is 32.0 Å². The molecule has 5 nitrogen and oxygen atoms in total. The summed E-state index contributed by atoms with van der Waals surface area (Å²) < 4.78 is 13.7. The maximum absolute atomic E-state index is 13.7. The molecular weight excluding hydrogens is 309 g/mol. The molecule has 130 valence electrons. The molecule has 2 fully saturated rings. The van der Waals surface area contributed by atoms with Crippen molar-refractivity contribution in [2.75, 3.05) is 39.3 Å². The van der Waals surface area contributed by atoms with E-state index < -0.39 is 0 Å². The average molecular weight is 333 g/mol. The van der Waals surface area contributed by atoms with Crippen LogP contribution in [0.2, 0.25) is 0 Å². The number of benzene rings is 1. The molecule has 0 spiro atoms. The van der Waals surface area contributed by atoms with Crippen molar-refractivity contribution < 1.29 is 14.0 Å². The standard InChI is InChI=1S/C18H24FN3O2/c19-17-4-2-1-3-16(17)13-20-7-5-15(6-8-20)18(24)22-11-9-21(14-23)10-12-22/h1-4,14-15H,5-13H2. The highest BCUT2D eigenvalue weighted by atomic mass is 19.1. The molecular formula is C18H24FN3O2. The van der Waals surface area contributed by atoms with Gasteiger partial charge in [-0.2, -0.15) is 0 Å². The highest BCUT2D eigenvalue weighted by Crippen LogP contribution is 2.22. The zero-order chi connectivity index (χ0) is 16.9. The molecule has 0 atom stereocenters. The molecule has 0 bridgehead atoms. The van der Waals surface area contributed by atoms with E-state index in [1.54, 1.807) is 11.0 Å². The van der Waals surface area contributed by atoms with Crippen LogP contribution < -0.4 is 0 Å². The first kappa shape index (κ1) is 16.9. The third-order valence-electron chi connectivity index (χ3n) is 5.06. The van der Waals surface area contributed by atoms with Gasteiger partial charge >= 0.3 is 0 Å². The van der Waals surface area contributed by atoms with Crippen LogP contribution in [0, 0.1) is 11.7 Å². The van der Waals surface area contributed by atoms with E-state index in [2.05, 4.69) is 4.90 Å². The Labute approximate surface area is 142 Å². The summed E-state index contributed by atoms with van der Waals surface area (Å²) in [6.45, 7) is 4.76. The van der Waals surface area contributed by atoms with Gasteiger partial charge in [0, 0.05) is 44.2 Å². The van der Waals surface area contributed by atoms with Crippen LogP contribution in [-0.4, -0.2) is 66.3 Å². The van der Waals surface area contributed by atoms with E-state index in [9.17, 15) is 14.0 Å². The fourth-order valence-electron chi connectivity index (χ4n) is 3.51. The normalized spacial score (nSPS) is 20.2. The van der Waals surface area contributed by atoms with Gasteiger partial charge in [-0.1, -0.05) is 18.2 Å². The van der Waals surface area contributed by atoms with Gasteiger partial charge in [0.25, 0.3) is 0 Å². The zero-order valence-corrected chi connectivity index (χ0v) is 13.9. The van der Waals surface area contributed by atoms with Crippen LogP contribution in [0.15, 0.2) is 24.3 Å². The van der Waals surface area contributed by atoms with Crippen LogP contribution in [0.4, 0.5) is 4.39 Å². The van der Waals surface area contributed by atoms with Crippen molar-refractivity contribution in [3.63, 3.8) is 0 Å². The van der Waals surface area contributed by atoms with Crippen LogP contribution in [-0.2, 0) is 16.1 Å². The van der Waals surface area contributed by atoms with E-state index in [1.807, 2.05) is 17.0 Å². The summed E-state index contributed by atoms with van der Waals surface area (Å²) in [6.07, 6.45) is 2.49. The van der Waals surface area contributed by atoms with Gasteiger partial charge in [0.05, 0.1) is 0 Å². The summed E-state index contributed by atoms with van der Waals surface area (Å²) in [5, 5.41) is 0. The highest BCUT2D eigenvalue weighted by molar-refractivity contribution is 5.79. The number of piperazine rings is 1. The summed E-state index contributed by atoms with van der Waals surface area (Å²) in [5.74, 6) is 0.111. The van der Waals surface area contributed by atoms with Crippen LogP contribution in [0.3, 0.4) is 0 Å². The summed E-state index contributed by atoms with van der Waals surface area (Å²) in [7, 11) is 0. The molecule has 0 aromatic heterocycles. The Kier molecular flexibility index (Phi) is 5.45. The van der Waals surface area contributed by atoms with Crippen molar-refractivity contribution in [3.05, 3.63) is 35.6 Å². The molecule has 6 heteroatoms. The number of hydrogen-bond donors (Lipinski definition) is 0. The van der Waals surface area contributed by atoms with Gasteiger partial charge < -0.3 is 9.80 Å². The number of likely N-dealkylation sites (tertiary alicyclic amines) is 1. The Morgan fingerprint density at radius 1 is 1.08 bits per heavy atom. The van der Waals surface area contributed by atoms with Crippen molar-refractivity contribution in [1.82, 2.24) is 14.7 Å². The van der Waals surface area contributed by atoms with Gasteiger partial charge in [0.2, 0.25) is 12.3 Å². The van der Waals surface area contributed by atoms with E-state index in [1.165, 1.54) is 6.07 Å². The maximum Gasteiger partial charge on any atom is 0.225 e. The fourth-order valence-corrected chi connectivity index (χ4v) is 3.51. The minimum absolute atomic E-state index is 0.0599. The lowest BCUT2D eigenvalue weighted by atomic mass is 9.94. The number of carbonyl (C=O) groups is 2. The molecule has 2 amide bonds. The summed E-state index contributed by atoms with van der Waals surface area (Å²) in [5.41, 5.74) is 0.715. The van der Waals surface area contributed by atoms with Crippen LogP contribution in [0.5, 0.6) is 0 Å². The predicted molar refractivity (Wildman–Crippen MR) is 88.6 cm³/mol. The number of hydrogen-bond acceptors (Lipinski definition) is 3. The minimum atomic E-state index is -0.163. The second kappa shape index (κ2) is 7.75. The second-order valence-corrected chi connectivity index (χ2v) is 6.61. The first-order valence-electron chi connectivity index (χ1n) is 8.61. The quantitative estimate of drug-likeness (QED) is 0.781. The van der Waals surface area contributed by atoms with E-state index in [0.717, 1.165) is 32.3 Å². The molecule has 1 aromatic carbocycles. The molecule has 0 aliphatic carbocycles. The molecule has 2 aliphatic heterocycles. The minimum Gasteiger partial charge on any atom is -0.342 e. The van der Waals surface area contributed by atoms with Gasteiger partial charge in [-0.25, -0.2) is 4.39 Å². The molecule has 2 heterocycles. The van der Waals surface area contributed by atoms with E-state index in [-0.39, 0.29) is 17.6 Å². The van der Waals surface area contributed by atoms with E-state index in [4.69, 9.17) is 0 Å². The Morgan fingerprint density at radius 3 is 2.38 bits per heavy atom. The predicted octanol–water partition coefficient (Wildman–Crippen LogP) is 1.34. The molecule has 2 aliphatic rings. The number of carbonyl (C=O) groups excluding carboxylic acids is 2. The van der Waals surface area contributed by atoms with Gasteiger partial charge in [-0.3, -0.25) is 14.5 Å². The number of piperidine rings is 1. The SMILES string of the molecule is O=CN1CCN(C(=O)C2CCN(Cc3ccccc3F)CC2)CC1. The zero-order valence-electron chi connectivity index (χ0n) is 13.9. The van der Waals surface area contributed by atoms with Gasteiger partial charge in [0.1, 0.15) is 5.82 Å². The third-order valence-corrected chi connectivity index (χ3v) is 5.06. The first-order chi connectivity index (χ1) is 11.7. The van der Waals surface area contributed by atoms with Crippen molar-refractivity contribution >= 4 is 12.3 Å². The van der Waals surface area contributed by atoms with Gasteiger partial charge in [-0.15, -0.1) is 0 Å². The molecule has 1 aromatic rings. The largest absolute Gasteiger partial charge is 0.342 e. The molecule has 2 saturated heterocycles. The van der Waals surface area contributed by atoms with E-state index >= 15 is 0 Å². The second-order valence-electron chi connectivity index (χ2n) is 6.61. The smallest absolute Gasteiger partial charge is 0.225 e. The summed E-state index contributed by atoms with van der Waals surface area (Å²) in [6, 6.07) is 6.87. The molecule has 0 unspecified atom stereocenters. The maximum atomic E-state index is 13.7. The van der Waals surface area contributed by atoms with Gasteiger partial charge in [0.15, 0.2) is 0 Å². The highest BCUT2D eigenvalue weighted by Gasteiger charge is 2.30. The molecule has 0 radical (unpaired) electrons. The lowest BCUT2D eigenvalue weighted by Gasteiger charge is -2.37. The third kappa shape index (κ3) is 3.93. The fraction of sp³-hybridized carbons (Fsp3) is 0.556. The van der Waals surface area contributed by atoms with E-state index in [0.29, 0.717) is 38.3 Å². The summed E-state index contributed by atoms with van der Waals surface area (Å²) >= 11 is 0. The Bertz CT molecular complexity index is 579. The number of halogens is 1. The van der Waals surface area contributed by atoms with Crippen molar-refractivity contribution in [1.29, 1.82) is 0 Å². The Hall–Kier alpha value is -1.95. The monoisotopic (exact) mass is 333 g/mol. The number of amides is 2. The Morgan fingerprint density at radius 2 is 1.75 bits per heavy atom. The molecule has 24 heavy (non-hydrogen) atoms. The molecule has 0 saturated carbocycles. The molecule has 0 N–H and O–H groups in total. The molecule has 3 rings (SSSR count). The lowest BCUT2D eigenvalue weighted by molar-refractivity contribution is -0.140.